The van der Waals surface area contributed by atoms with Gasteiger partial charge in [0.25, 0.3) is 0 Å². The van der Waals surface area contributed by atoms with E-state index in [0.717, 1.165) is 51.6 Å². The predicted molar refractivity (Wildman–Crippen MR) is 129 cm³/mol. The Morgan fingerprint density at radius 2 is 1.76 bits per heavy atom. The van der Waals surface area contributed by atoms with Crippen LogP contribution in [0.3, 0.4) is 0 Å². The number of nitrogens with one attached hydrogen (secondary N) is 2. The molecule has 2 saturated heterocycles. The maximum absolute atomic E-state index is 5.99. The lowest BCUT2D eigenvalue weighted by Gasteiger charge is -2.26. The van der Waals surface area contributed by atoms with Gasteiger partial charge in [0.15, 0.2) is 5.96 Å². The number of aliphatic imine (C=N–C) groups is 1. The Morgan fingerprint density at radius 1 is 1.07 bits per heavy atom. The third kappa shape index (κ3) is 9.19. The summed E-state index contributed by atoms with van der Waals surface area (Å²) < 4.78 is 11.4. The fraction of sp³-hybridized carbons (Fsp3) is 0.682. The van der Waals surface area contributed by atoms with Gasteiger partial charge in [-0.3, -0.25) is 4.99 Å². The minimum atomic E-state index is 0. The minimum Gasteiger partial charge on any atom is -0.381 e. The Bertz CT molecular complexity index is 585. The molecule has 2 aliphatic rings. The summed E-state index contributed by atoms with van der Waals surface area (Å²) in [4.78, 5) is 6.86. The molecule has 0 radical (unpaired) electrons. The highest BCUT2D eigenvalue weighted by Crippen LogP contribution is 2.14. The van der Waals surface area contributed by atoms with Crippen molar-refractivity contribution in [2.75, 3.05) is 46.4 Å². The first-order chi connectivity index (χ1) is 13.8. The molecular formula is C22H37IN4O2. The van der Waals surface area contributed by atoms with E-state index in [1.807, 2.05) is 7.05 Å². The summed E-state index contributed by atoms with van der Waals surface area (Å²) in [7, 11) is 1.83. The summed E-state index contributed by atoms with van der Waals surface area (Å²) in [5, 5.41) is 6.82. The monoisotopic (exact) mass is 516 g/mol. The maximum Gasteiger partial charge on any atom is 0.191 e. The Balaban J connectivity index is 0.00000300. The van der Waals surface area contributed by atoms with Crippen molar-refractivity contribution in [3.8, 4) is 0 Å². The van der Waals surface area contributed by atoms with Crippen molar-refractivity contribution in [2.24, 2.45) is 4.99 Å². The first kappa shape index (κ1) is 24.4. The standard InChI is InChI=1S/C22H36N4O2.HI/c1-23-22(24-11-14-26-12-3-2-4-13-26)25-17-19-5-7-20(8-6-19)18-28-21-9-15-27-16-10-21;/h5-8,21H,2-4,9-18H2,1H3,(H2,23,24,25);1H. The van der Waals surface area contributed by atoms with E-state index in [9.17, 15) is 0 Å². The van der Waals surface area contributed by atoms with Crippen LogP contribution in [0.4, 0.5) is 0 Å². The number of guanidine groups is 1. The topological polar surface area (TPSA) is 58.1 Å². The van der Waals surface area contributed by atoms with E-state index in [0.29, 0.717) is 12.7 Å². The van der Waals surface area contributed by atoms with E-state index in [4.69, 9.17) is 9.47 Å². The number of rotatable bonds is 8. The van der Waals surface area contributed by atoms with Gasteiger partial charge < -0.3 is 25.0 Å². The molecule has 0 spiro atoms. The Kier molecular flexibility index (Phi) is 11.9. The maximum atomic E-state index is 5.99. The van der Waals surface area contributed by atoms with Crippen LogP contribution in [0.2, 0.25) is 0 Å². The average Bonchev–Trinajstić information content (AvgIpc) is 2.77. The second-order valence-electron chi connectivity index (χ2n) is 7.69. The molecule has 29 heavy (non-hydrogen) atoms. The molecule has 0 amide bonds. The summed E-state index contributed by atoms with van der Waals surface area (Å²) >= 11 is 0. The number of ether oxygens (including phenoxy) is 2. The van der Waals surface area contributed by atoms with Crippen molar-refractivity contribution >= 4 is 29.9 Å². The molecular weight excluding hydrogens is 479 g/mol. The van der Waals surface area contributed by atoms with E-state index in [1.54, 1.807) is 0 Å². The van der Waals surface area contributed by atoms with Crippen LogP contribution in [0.1, 0.15) is 43.2 Å². The zero-order chi connectivity index (χ0) is 19.4. The molecule has 0 saturated carbocycles. The van der Waals surface area contributed by atoms with E-state index in [2.05, 4.69) is 44.8 Å². The third-order valence-corrected chi connectivity index (χ3v) is 5.53. The van der Waals surface area contributed by atoms with Gasteiger partial charge in [-0.25, -0.2) is 0 Å². The van der Waals surface area contributed by atoms with Crippen molar-refractivity contribution in [3.63, 3.8) is 0 Å². The van der Waals surface area contributed by atoms with Gasteiger partial charge in [0, 0.05) is 39.9 Å². The lowest BCUT2D eigenvalue weighted by molar-refractivity contribution is -0.0390. The average molecular weight is 516 g/mol. The van der Waals surface area contributed by atoms with Gasteiger partial charge in [-0.05, 0) is 49.9 Å². The molecule has 3 rings (SSSR count). The molecule has 7 heteroatoms. The van der Waals surface area contributed by atoms with Crippen molar-refractivity contribution < 1.29 is 9.47 Å². The molecule has 6 nitrogen and oxygen atoms in total. The highest BCUT2D eigenvalue weighted by atomic mass is 127. The Hall–Kier alpha value is -0.900. The van der Waals surface area contributed by atoms with Gasteiger partial charge in [-0.1, -0.05) is 30.7 Å². The molecule has 2 fully saturated rings. The van der Waals surface area contributed by atoms with Crippen molar-refractivity contribution in [1.82, 2.24) is 15.5 Å². The van der Waals surface area contributed by atoms with Gasteiger partial charge in [0.1, 0.15) is 0 Å². The van der Waals surface area contributed by atoms with Gasteiger partial charge in [0.05, 0.1) is 12.7 Å². The lowest BCUT2D eigenvalue weighted by Crippen LogP contribution is -2.42. The SMILES string of the molecule is CN=C(NCCN1CCCCC1)NCc1ccc(COC2CCOCC2)cc1.I. The largest absolute Gasteiger partial charge is 0.381 e. The van der Waals surface area contributed by atoms with Gasteiger partial charge in [-0.15, -0.1) is 24.0 Å². The van der Waals surface area contributed by atoms with Gasteiger partial charge in [-0.2, -0.15) is 0 Å². The van der Waals surface area contributed by atoms with Crippen LogP contribution in [-0.4, -0.2) is 63.4 Å². The number of halogens is 1. The summed E-state index contributed by atoms with van der Waals surface area (Å²) in [6.07, 6.45) is 6.41. The van der Waals surface area contributed by atoms with Crippen LogP contribution in [-0.2, 0) is 22.6 Å². The van der Waals surface area contributed by atoms with Crippen LogP contribution in [0.25, 0.3) is 0 Å². The fourth-order valence-corrected chi connectivity index (χ4v) is 3.73. The molecule has 2 N–H and O–H groups in total. The molecule has 164 valence electrons. The predicted octanol–water partition coefficient (Wildman–Crippen LogP) is 3.15. The quantitative estimate of drug-likeness (QED) is 0.316. The van der Waals surface area contributed by atoms with Crippen LogP contribution < -0.4 is 10.6 Å². The fourth-order valence-electron chi connectivity index (χ4n) is 3.73. The normalized spacial score (nSPS) is 18.9. The third-order valence-electron chi connectivity index (χ3n) is 5.53. The summed E-state index contributed by atoms with van der Waals surface area (Å²) in [5.41, 5.74) is 2.47. The van der Waals surface area contributed by atoms with E-state index >= 15 is 0 Å². The lowest BCUT2D eigenvalue weighted by atomic mass is 10.1. The minimum absolute atomic E-state index is 0. The second-order valence-corrected chi connectivity index (χ2v) is 7.69. The Morgan fingerprint density at radius 3 is 2.45 bits per heavy atom. The van der Waals surface area contributed by atoms with Crippen molar-refractivity contribution in [1.29, 1.82) is 0 Å². The van der Waals surface area contributed by atoms with Crippen LogP contribution in [0, 0.1) is 0 Å². The van der Waals surface area contributed by atoms with E-state index in [1.165, 1.54) is 43.5 Å². The number of hydrogen-bond donors (Lipinski definition) is 2. The second kappa shape index (κ2) is 14.2. The zero-order valence-electron chi connectivity index (χ0n) is 17.7. The molecule has 1 aromatic carbocycles. The number of benzene rings is 1. The summed E-state index contributed by atoms with van der Waals surface area (Å²) in [6.45, 7) is 7.58. The van der Waals surface area contributed by atoms with Crippen molar-refractivity contribution in [3.05, 3.63) is 35.4 Å². The molecule has 2 aliphatic heterocycles. The van der Waals surface area contributed by atoms with Crippen molar-refractivity contribution in [2.45, 2.75) is 51.4 Å². The molecule has 0 aromatic heterocycles. The van der Waals surface area contributed by atoms with E-state index in [-0.39, 0.29) is 24.0 Å². The number of hydrogen-bond acceptors (Lipinski definition) is 4. The number of piperidine rings is 1. The molecule has 2 heterocycles. The van der Waals surface area contributed by atoms with E-state index < -0.39 is 0 Å². The molecule has 0 unspecified atom stereocenters. The number of likely N-dealkylation sites (tertiary alicyclic amines) is 1. The number of nitrogens with zero attached hydrogens (tertiary/aromatic N) is 2. The molecule has 0 bridgehead atoms. The van der Waals surface area contributed by atoms with Gasteiger partial charge >= 0.3 is 0 Å². The summed E-state index contributed by atoms with van der Waals surface area (Å²) in [5.74, 6) is 0.865. The molecule has 1 aromatic rings. The zero-order valence-corrected chi connectivity index (χ0v) is 20.0. The first-order valence-corrected chi connectivity index (χ1v) is 10.8. The summed E-state index contributed by atoms with van der Waals surface area (Å²) in [6, 6.07) is 8.64. The van der Waals surface area contributed by atoms with Crippen LogP contribution in [0.15, 0.2) is 29.3 Å². The smallest absolute Gasteiger partial charge is 0.191 e. The van der Waals surface area contributed by atoms with Gasteiger partial charge in [0.2, 0.25) is 0 Å². The highest BCUT2D eigenvalue weighted by molar-refractivity contribution is 14.0. The van der Waals surface area contributed by atoms with Crippen LogP contribution in [0.5, 0.6) is 0 Å². The Labute approximate surface area is 192 Å². The molecule has 0 atom stereocenters. The first-order valence-electron chi connectivity index (χ1n) is 10.8. The molecule has 0 aliphatic carbocycles. The van der Waals surface area contributed by atoms with Crippen LogP contribution >= 0.6 is 24.0 Å². The highest BCUT2D eigenvalue weighted by Gasteiger charge is 2.14.